The van der Waals surface area contributed by atoms with Gasteiger partial charge in [-0.1, -0.05) is 34.8 Å². The molecular weight excluding hydrogens is 244 g/mol. The molecule has 14 heavy (non-hydrogen) atoms. The molecule has 0 atom stereocenters. The zero-order chi connectivity index (χ0) is 10.6. The molecule has 2 N–H and O–H groups in total. The molecule has 0 radical (unpaired) electrons. The Morgan fingerprint density at radius 3 is 2.43 bits per heavy atom. The summed E-state index contributed by atoms with van der Waals surface area (Å²) in [6, 6.07) is 3.35. The fourth-order valence-corrected chi connectivity index (χ4v) is 1.70. The normalized spacial score (nSPS) is 10.6. The van der Waals surface area contributed by atoms with Crippen LogP contribution in [-0.4, -0.2) is 18.3 Å². The number of aliphatic hydroxyl groups is 1. The van der Waals surface area contributed by atoms with Crippen molar-refractivity contribution in [2.45, 2.75) is 6.54 Å². The summed E-state index contributed by atoms with van der Waals surface area (Å²) >= 11 is 17.7. The van der Waals surface area contributed by atoms with E-state index in [1.165, 1.54) is 0 Å². The Morgan fingerprint density at radius 2 is 1.79 bits per heavy atom. The Bertz CT molecular complexity index is 317. The maximum absolute atomic E-state index is 8.58. The quantitative estimate of drug-likeness (QED) is 0.640. The number of nitrogens with one attached hydrogen (secondary N) is 1. The third-order valence-corrected chi connectivity index (χ3v) is 2.93. The number of aliphatic hydroxyl groups excluding tert-OH is 1. The maximum Gasteiger partial charge on any atom is 0.0652 e. The van der Waals surface area contributed by atoms with E-state index >= 15 is 0 Å². The van der Waals surface area contributed by atoms with E-state index in [-0.39, 0.29) is 6.61 Å². The predicted octanol–water partition coefficient (Wildman–Crippen LogP) is 2.73. The van der Waals surface area contributed by atoms with Crippen LogP contribution in [-0.2, 0) is 6.54 Å². The van der Waals surface area contributed by atoms with E-state index in [1.54, 1.807) is 12.1 Å². The molecule has 0 saturated heterocycles. The van der Waals surface area contributed by atoms with Gasteiger partial charge in [0.2, 0.25) is 0 Å². The summed E-state index contributed by atoms with van der Waals surface area (Å²) in [6.07, 6.45) is 0. The maximum atomic E-state index is 8.58. The fraction of sp³-hybridized carbons (Fsp3) is 0.333. The third-order valence-electron chi connectivity index (χ3n) is 1.73. The van der Waals surface area contributed by atoms with Gasteiger partial charge in [-0.3, -0.25) is 0 Å². The summed E-state index contributed by atoms with van der Waals surface area (Å²) in [5.41, 5.74) is 0.759. The first-order valence-electron chi connectivity index (χ1n) is 4.10. The molecule has 0 saturated carbocycles. The van der Waals surface area contributed by atoms with Crippen molar-refractivity contribution in [1.82, 2.24) is 5.32 Å². The van der Waals surface area contributed by atoms with Gasteiger partial charge in [0.15, 0.2) is 0 Å². The van der Waals surface area contributed by atoms with Gasteiger partial charge in [-0.2, -0.15) is 0 Å². The first kappa shape index (κ1) is 12.1. The molecule has 0 unspecified atom stereocenters. The van der Waals surface area contributed by atoms with Crippen molar-refractivity contribution in [1.29, 1.82) is 0 Å². The number of benzene rings is 1. The van der Waals surface area contributed by atoms with Gasteiger partial charge >= 0.3 is 0 Å². The number of hydrogen-bond acceptors (Lipinski definition) is 2. The van der Waals surface area contributed by atoms with Gasteiger partial charge in [0.1, 0.15) is 0 Å². The molecule has 1 aromatic carbocycles. The van der Waals surface area contributed by atoms with E-state index in [4.69, 9.17) is 39.9 Å². The Kier molecular flexibility index (Phi) is 4.99. The molecule has 1 aromatic rings. The third kappa shape index (κ3) is 3.01. The second-order valence-electron chi connectivity index (χ2n) is 2.72. The van der Waals surface area contributed by atoms with Gasteiger partial charge in [-0.25, -0.2) is 0 Å². The first-order valence-corrected chi connectivity index (χ1v) is 5.24. The summed E-state index contributed by atoms with van der Waals surface area (Å²) in [5.74, 6) is 0. The molecule has 0 spiro atoms. The topological polar surface area (TPSA) is 32.3 Å². The van der Waals surface area contributed by atoms with Crippen LogP contribution in [0.5, 0.6) is 0 Å². The van der Waals surface area contributed by atoms with Gasteiger partial charge in [-0.05, 0) is 12.1 Å². The summed E-state index contributed by atoms with van der Waals surface area (Å²) in [6.45, 7) is 1.08. The average Bonchev–Trinajstić information content (AvgIpc) is 2.18. The van der Waals surface area contributed by atoms with Crippen LogP contribution in [0.15, 0.2) is 12.1 Å². The Hall–Kier alpha value is 0.01000. The highest BCUT2D eigenvalue weighted by molar-refractivity contribution is 6.44. The minimum atomic E-state index is 0.0792. The van der Waals surface area contributed by atoms with Gasteiger partial charge in [-0.15, -0.1) is 0 Å². The van der Waals surface area contributed by atoms with Gasteiger partial charge in [0, 0.05) is 23.7 Å². The standard InChI is InChI=1S/C9H10Cl3NO/c10-7-1-2-8(11)9(12)6(7)5-13-3-4-14/h1-2,13-14H,3-5H2. The largest absolute Gasteiger partial charge is 0.395 e. The van der Waals surface area contributed by atoms with E-state index in [1.807, 2.05) is 0 Å². The van der Waals surface area contributed by atoms with Gasteiger partial charge < -0.3 is 10.4 Å². The van der Waals surface area contributed by atoms with Crippen LogP contribution in [0.3, 0.4) is 0 Å². The molecule has 0 bridgehead atoms. The Labute approximate surface area is 97.8 Å². The lowest BCUT2D eigenvalue weighted by atomic mass is 10.2. The predicted molar refractivity (Wildman–Crippen MR) is 60.3 cm³/mol. The van der Waals surface area contributed by atoms with Crippen molar-refractivity contribution < 1.29 is 5.11 Å². The number of halogens is 3. The van der Waals surface area contributed by atoms with Crippen LogP contribution in [0, 0.1) is 0 Å². The molecule has 0 fully saturated rings. The molecule has 2 nitrogen and oxygen atoms in total. The highest BCUT2D eigenvalue weighted by atomic mass is 35.5. The molecule has 78 valence electrons. The fourth-order valence-electron chi connectivity index (χ4n) is 1.02. The second kappa shape index (κ2) is 5.79. The molecule has 5 heteroatoms. The number of hydrogen-bond donors (Lipinski definition) is 2. The summed E-state index contributed by atoms with van der Waals surface area (Å²) in [7, 11) is 0. The highest BCUT2D eigenvalue weighted by Crippen LogP contribution is 2.31. The van der Waals surface area contributed by atoms with E-state index in [9.17, 15) is 0 Å². The highest BCUT2D eigenvalue weighted by Gasteiger charge is 2.08. The molecule has 0 amide bonds. The SMILES string of the molecule is OCCNCc1c(Cl)ccc(Cl)c1Cl. The zero-order valence-corrected chi connectivity index (χ0v) is 9.62. The lowest BCUT2D eigenvalue weighted by Crippen LogP contribution is -2.17. The minimum Gasteiger partial charge on any atom is -0.395 e. The van der Waals surface area contributed by atoms with E-state index in [0.29, 0.717) is 28.2 Å². The van der Waals surface area contributed by atoms with E-state index in [2.05, 4.69) is 5.32 Å². The van der Waals surface area contributed by atoms with Crippen LogP contribution < -0.4 is 5.32 Å². The molecule has 0 heterocycles. The molecular formula is C9H10Cl3NO. The van der Waals surface area contributed by atoms with Crippen LogP contribution in [0.4, 0.5) is 0 Å². The van der Waals surface area contributed by atoms with Crippen molar-refractivity contribution in [3.63, 3.8) is 0 Å². The van der Waals surface area contributed by atoms with Crippen molar-refractivity contribution >= 4 is 34.8 Å². The summed E-state index contributed by atoms with van der Waals surface area (Å²) in [5, 5.41) is 13.1. The lowest BCUT2D eigenvalue weighted by molar-refractivity contribution is 0.292. The second-order valence-corrected chi connectivity index (χ2v) is 3.91. The van der Waals surface area contributed by atoms with Crippen LogP contribution in [0.25, 0.3) is 0 Å². The van der Waals surface area contributed by atoms with Crippen LogP contribution in [0.2, 0.25) is 15.1 Å². The van der Waals surface area contributed by atoms with Crippen LogP contribution in [0.1, 0.15) is 5.56 Å². The molecule has 1 rings (SSSR count). The monoisotopic (exact) mass is 253 g/mol. The Balaban J connectivity index is 2.79. The summed E-state index contributed by atoms with van der Waals surface area (Å²) in [4.78, 5) is 0. The Morgan fingerprint density at radius 1 is 1.14 bits per heavy atom. The van der Waals surface area contributed by atoms with Gasteiger partial charge in [0.05, 0.1) is 16.7 Å². The molecule has 0 aromatic heterocycles. The van der Waals surface area contributed by atoms with Crippen molar-refractivity contribution in [3.8, 4) is 0 Å². The van der Waals surface area contributed by atoms with Gasteiger partial charge in [0.25, 0.3) is 0 Å². The molecule has 0 aliphatic carbocycles. The minimum absolute atomic E-state index is 0.0792. The average molecular weight is 255 g/mol. The van der Waals surface area contributed by atoms with Crippen LogP contribution >= 0.6 is 34.8 Å². The molecule has 0 aliphatic rings. The van der Waals surface area contributed by atoms with E-state index < -0.39 is 0 Å². The smallest absolute Gasteiger partial charge is 0.0652 e. The van der Waals surface area contributed by atoms with Crippen molar-refractivity contribution in [2.75, 3.05) is 13.2 Å². The summed E-state index contributed by atoms with van der Waals surface area (Å²) < 4.78 is 0. The number of rotatable bonds is 4. The molecule has 0 aliphatic heterocycles. The van der Waals surface area contributed by atoms with Crippen molar-refractivity contribution in [2.24, 2.45) is 0 Å². The lowest BCUT2D eigenvalue weighted by Gasteiger charge is -2.08. The van der Waals surface area contributed by atoms with Crippen molar-refractivity contribution in [3.05, 3.63) is 32.8 Å². The van der Waals surface area contributed by atoms with E-state index in [0.717, 1.165) is 5.56 Å². The first-order chi connectivity index (χ1) is 6.66. The zero-order valence-electron chi connectivity index (χ0n) is 7.36.